The van der Waals surface area contributed by atoms with E-state index in [2.05, 4.69) is 9.97 Å². The first-order valence-electron chi connectivity index (χ1n) is 4.64. The van der Waals surface area contributed by atoms with Gasteiger partial charge in [0, 0.05) is 18.3 Å². The Balaban J connectivity index is 2.98. The summed E-state index contributed by atoms with van der Waals surface area (Å²) in [4.78, 5) is 7.58. The van der Waals surface area contributed by atoms with Crippen LogP contribution in [0.1, 0.15) is 31.2 Å². The number of hydrogen-bond acceptors (Lipinski definition) is 5. The summed E-state index contributed by atoms with van der Waals surface area (Å²) in [6, 6.07) is 1.80. The van der Waals surface area contributed by atoms with E-state index in [1.54, 1.807) is 19.9 Å². The number of aliphatic hydroxyl groups is 2. The number of nitriles is 1. The Labute approximate surface area is 88.0 Å². The van der Waals surface area contributed by atoms with Crippen molar-refractivity contribution in [1.29, 1.82) is 5.26 Å². The molecular weight excluding hydrogens is 194 g/mol. The molecule has 2 atom stereocenters. The lowest BCUT2D eigenvalue weighted by molar-refractivity contribution is 0.0726. The molecule has 0 radical (unpaired) electrons. The Bertz CT molecular complexity index is 346. The minimum atomic E-state index is -0.693. The lowest BCUT2D eigenvalue weighted by atomic mass is 9.92. The van der Waals surface area contributed by atoms with Gasteiger partial charge in [0.25, 0.3) is 0 Å². The van der Waals surface area contributed by atoms with E-state index in [-0.39, 0.29) is 5.82 Å². The molecule has 2 N–H and O–H groups in total. The van der Waals surface area contributed by atoms with Crippen LogP contribution in [0.5, 0.6) is 0 Å². The molecular formula is C10H13N3O2. The minimum absolute atomic E-state index is 0.0775. The molecule has 5 heteroatoms. The first-order valence-corrected chi connectivity index (χ1v) is 4.64. The van der Waals surface area contributed by atoms with Crippen LogP contribution in [-0.4, -0.2) is 32.4 Å². The Kier molecular flexibility index (Phi) is 3.72. The number of aromatic nitrogens is 2. The Morgan fingerprint density at radius 1 is 1.20 bits per heavy atom. The van der Waals surface area contributed by atoms with Crippen molar-refractivity contribution < 1.29 is 10.2 Å². The van der Waals surface area contributed by atoms with Crippen LogP contribution in [0.3, 0.4) is 0 Å². The van der Waals surface area contributed by atoms with Gasteiger partial charge in [-0.25, -0.2) is 9.97 Å². The van der Waals surface area contributed by atoms with E-state index in [0.717, 1.165) is 0 Å². The third kappa shape index (κ3) is 2.72. The van der Waals surface area contributed by atoms with Gasteiger partial charge in [0.1, 0.15) is 6.07 Å². The summed E-state index contributed by atoms with van der Waals surface area (Å²) in [6.07, 6.45) is 1.52. The summed E-state index contributed by atoms with van der Waals surface area (Å²) in [6.45, 7) is 3.19. The molecule has 0 saturated carbocycles. The van der Waals surface area contributed by atoms with E-state index in [4.69, 9.17) is 5.26 Å². The predicted molar refractivity (Wildman–Crippen MR) is 52.8 cm³/mol. The average Bonchev–Trinajstić information content (AvgIpc) is 2.18. The SMILES string of the molecule is CC(O)C(c1cnc(C#N)nc1)C(C)O. The summed E-state index contributed by atoms with van der Waals surface area (Å²) in [5.74, 6) is -0.355. The number of nitrogens with zero attached hydrogens (tertiary/aromatic N) is 3. The summed E-state index contributed by atoms with van der Waals surface area (Å²) >= 11 is 0. The molecule has 0 spiro atoms. The smallest absolute Gasteiger partial charge is 0.232 e. The fourth-order valence-electron chi connectivity index (χ4n) is 1.53. The summed E-state index contributed by atoms with van der Waals surface area (Å²) < 4.78 is 0. The molecule has 0 amide bonds. The highest BCUT2D eigenvalue weighted by atomic mass is 16.3. The zero-order valence-electron chi connectivity index (χ0n) is 8.62. The lowest BCUT2D eigenvalue weighted by Crippen LogP contribution is -2.25. The van der Waals surface area contributed by atoms with Crippen LogP contribution in [0.15, 0.2) is 12.4 Å². The lowest BCUT2D eigenvalue weighted by Gasteiger charge is -2.22. The Hall–Kier alpha value is -1.51. The van der Waals surface area contributed by atoms with Crippen molar-refractivity contribution in [2.24, 2.45) is 0 Å². The molecule has 0 saturated heterocycles. The van der Waals surface area contributed by atoms with Gasteiger partial charge in [0.2, 0.25) is 5.82 Å². The molecule has 0 bridgehead atoms. The average molecular weight is 207 g/mol. The summed E-state index contributed by atoms with van der Waals surface area (Å²) in [7, 11) is 0. The topological polar surface area (TPSA) is 90.0 Å². The van der Waals surface area contributed by atoms with Gasteiger partial charge in [-0.2, -0.15) is 5.26 Å². The van der Waals surface area contributed by atoms with Crippen LogP contribution in [0.2, 0.25) is 0 Å². The van der Waals surface area contributed by atoms with Crippen LogP contribution < -0.4 is 0 Å². The standard InChI is InChI=1S/C10H13N3O2/c1-6(14)10(7(2)15)8-4-12-9(3-11)13-5-8/h4-7,10,14-15H,1-2H3. The summed E-state index contributed by atoms with van der Waals surface area (Å²) in [5.41, 5.74) is 0.624. The van der Waals surface area contributed by atoms with Crippen molar-refractivity contribution in [2.75, 3.05) is 0 Å². The molecule has 0 aromatic carbocycles. The third-order valence-corrected chi connectivity index (χ3v) is 2.20. The molecule has 0 aliphatic rings. The van der Waals surface area contributed by atoms with Crippen molar-refractivity contribution >= 4 is 0 Å². The van der Waals surface area contributed by atoms with E-state index in [9.17, 15) is 10.2 Å². The molecule has 15 heavy (non-hydrogen) atoms. The number of hydrogen-bond donors (Lipinski definition) is 2. The molecule has 1 rings (SSSR count). The van der Waals surface area contributed by atoms with E-state index < -0.39 is 18.1 Å². The van der Waals surface area contributed by atoms with Crippen molar-refractivity contribution in [2.45, 2.75) is 32.0 Å². The minimum Gasteiger partial charge on any atom is -0.393 e. The van der Waals surface area contributed by atoms with Gasteiger partial charge in [-0.05, 0) is 19.4 Å². The van der Waals surface area contributed by atoms with E-state index in [0.29, 0.717) is 5.56 Å². The zero-order valence-corrected chi connectivity index (χ0v) is 8.62. The van der Waals surface area contributed by atoms with Crippen molar-refractivity contribution in [3.63, 3.8) is 0 Å². The highest BCUT2D eigenvalue weighted by Crippen LogP contribution is 2.22. The number of aliphatic hydroxyl groups excluding tert-OH is 2. The fourth-order valence-corrected chi connectivity index (χ4v) is 1.53. The molecule has 2 unspecified atom stereocenters. The third-order valence-electron chi connectivity index (χ3n) is 2.20. The van der Waals surface area contributed by atoms with Gasteiger partial charge in [0.05, 0.1) is 12.2 Å². The highest BCUT2D eigenvalue weighted by molar-refractivity contribution is 5.18. The molecule has 1 aromatic rings. The van der Waals surface area contributed by atoms with E-state index in [1.165, 1.54) is 12.4 Å². The molecule has 0 aliphatic carbocycles. The second-order valence-electron chi connectivity index (χ2n) is 3.46. The second-order valence-corrected chi connectivity index (χ2v) is 3.46. The van der Waals surface area contributed by atoms with Gasteiger partial charge < -0.3 is 10.2 Å². The van der Waals surface area contributed by atoms with Gasteiger partial charge in [-0.15, -0.1) is 0 Å². The fraction of sp³-hybridized carbons (Fsp3) is 0.500. The quantitative estimate of drug-likeness (QED) is 0.738. The van der Waals surface area contributed by atoms with Crippen molar-refractivity contribution in [3.8, 4) is 6.07 Å². The molecule has 0 aliphatic heterocycles. The van der Waals surface area contributed by atoms with Crippen LogP contribution in [0.4, 0.5) is 0 Å². The van der Waals surface area contributed by atoms with Gasteiger partial charge in [-0.1, -0.05) is 0 Å². The number of rotatable bonds is 3. The van der Waals surface area contributed by atoms with E-state index >= 15 is 0 Å². The molecule has 1 aromatic heterocycles. The van der Waals surface area contributed by atoms with Crippen LogP contribution >= 0.6 is 0 Å². The summed E-state index contributed by atoms with van der Waals surface area (Å²) in [5, 5.41) is 27.5. The first kappa shape index (κ1) is 11.6. The Morgan fingerprint density at radius 3 is 2.00 bits per heavy atom. The van der Waals surface area contributed by atoms with Crippen molar-refractivity contribution in [1.82, 2.24) is 9.97 Å². The monoisotopic (exact) mass is 207 g/mol. The first-order chi connectivity index (χ1) is 7.06. The van der Waals surface area contributed by atoms with Gasteiger partial charge in [-0.3, -0.25) is 0 Å². The maximum atomic E-state index is 9.48. The van der Waals surface area contributed by atoms with Crippen LogP contribution in [-0.2, 0) is 0 Å². The molecule has 1 heterocycles. The molecule has 80 valence electrons. The largest absolute Gasteiger partial charge is 0.393 e. The maximum absolute atomic E-state index is 9.48. The van der Waals surface area contributed by atoms with E-state index in [1.807, 2.05) is 0 Å². The highest BCUT2D eigenvalue weighted by Gasteiger charge is 2.23. The zero-order chi connectivity index (χ0) is 11.4. The molecule has 5 nitrogen and oxygen atoms in total. The maximum Gasteiger partial charge on any atom is 0.232 e. The normalized spacial score (nSPS) is 16.5. The second kappa shape index (κ2) is 4.82. The van der Waals surface area contributed by atoms with Crippen LogP contribution in [0.25, 0.3) is 0 Å². The predicted octanol–water partition coefficient (Wildman–Crippen LogP) is 0.193. The van der Waals surface area contributed by atoms with Gasteiger partial charge >= 0.3 is 0 Å². The molecule has 0 fully saturated rings. The Morgan fingerprint density at radius 2 is 1.67 bits per heavy atom. The van der Waals surface area contributed by atoms with Crippen molar-refractivity contribution in [3.05, 3.63) is 23.8 Å². The van der Waals surface area contributed by atoms with Gasteiger partial charge in [0.15, 0.2) is 0 Å². The van der Waals surface area contributed by atoms with Crippen LogP contribution in [0, 0.1) is 11.3 Å².